The van der Waals surface area contributed by atoms with Crippen molar-refractivity contribution < 1.29 is 5.11 Å². The van der Waals surface area contributed by atoms with E-state index in [1.165, 1.54) is 0 Å². The second-order valence-corrected chi connectivity index (χ2v) is 4.48. The number of aryl methyl sites for hydroxylation is 1. The van der Waals surface area contributed by atoms with Gasteiger partial charge in [0.1, 0.15) is 5.82 Å². The minimum absolute atomic E-state index is 0.328. The lowest BCUT2D eigenvalue weighted by Crippen LogP contribution is -2.28. The Hall–Kier alpha value is -1.29. The van der Waals surface area contributed by atoms with Crippen molar-refractivity contribution in [3.05, 3.63) is 17.8 Å². The molecule has 1 aromatic rings. The van der Waals surface area contributed by atoms with Gasteiger partial charge in [-0.1, -0.05) is 26.7 Å². The minimum atomic E-state index is -0.354. The summed E-state index contributed by atoms with van der Waals surface area (Å²) in [6.45, 7) is 6.63. The van der Waals surface area contributed by atoms with Gasteiger partial charge in [-0.3, -0.25) is 0 Å². The van der Waals surface area contributed by atoms with Crippen LogP contribution in [0.1, 0.15) is 32.3 Å². The van der Waals surface area contributed by atoms with Gasteiger partial charge in [-0.25, -0.2) is 4.98 Å². The van der Waals surface area contributed by atoms with E-state index in [9.17, 15) is 5.11 Å². The summed E-state index contributed by atoms with van der Waals surface area (Å²) in [6, 6.07) is 1.87. The summed E-state index contributed by atoms with van der Waals surface area (Å²) in [6.07, 6.45) is 3.38. The van der Waals surface area contributed by atoms with Gasteiger partial charge in [-0.15, -0.1) is 0 Å². The molecule has 0 aromatic carbocycles. The van der Waals surface area contributed by atoms with Gasteiger partial charge in [0.15, 0.2) is 0 Å². The molecular weight excluding hydrogens is 214 g/mol. The number of nitrogens with zero attached hydrogens (tertiary/aromatic N) is 1. The van der Waals surface area contributed by atoms with Gasteiger partial charge < -0.3 is 16.2 Å². The van der Waals surface area contributed by atoms with Gasteiger partial charge in [0.25, 0.3) is 0 Å². The van der Waals surface area contributed by atoms with Crippen LogP contribution in [0.5, 0.6) is 0 Å². The van der Waals surface area contributed by atoms with Crippen LogP contribution in [0.3, 0.4) is 0 Å². The van der Waals surface area contributed by atoms with Gasteiger partial charge in [0.05, 0.1) is 11.8 Å². The normalized spacial score (nSPS) is 12.8. The molecule has 0 aliphatic rings. The number of nitrogens with one attached hydrogen (secondary N) is 1. The number of hydrogen-bond acceptors (Lipinski definition) is 4. The zero-order chi connectivity index (χ0) is 12.8. The van der Waals surface area contributed by atoms with Crippen molar-refractivity contribution in [2.75, 3.05) is 17.6 Å². The predicted octanol–water partition coefficient (Wildman–Crippen LogP) is 2.18. The van der Waals surface area contributed by atoms with Crippen molar-refractivity contribution >= 4 is 11.5 Å². The van der Waals surface area contributed by atoms with E-state index in [1.54, 1.807) is 6.20 Å². The van der Waals surface area contributed by atoms with Gasteiger partial charge in [-0.05, 0) is 24.5 Å². The molecule has 1 atom stereocenters. The number of aliphatic hydroxyl groups is 1. The zero-order valence-corrected chi connectivity index (χ0v) is 10.9. The molecule has 0 radical (unpaired) electrons. The molecule has 0 fully saturated rings. The van der Waals surface area contributed by atoms with E-state index in [-0.39, 0.29) is 6.10 Å². The van der Waals surface area contributed by atoms with Crippen molar-refractivity contribution in [1.29, 1.82) is 0 Å². The fourth-order valence-electron chi connectivity index (χ4n) is 1.94. The number of pyridine rings is 1. The molecule has 0 saturated heterocycles. The summed E-state index contributed by atoms with van der Waals surface area (Å²) in [4.78, 5) is 4.21. The fourth-order valence-corrected chi connectivity index (χ4v) is 1.94. The highest BCUT2D eigenvalue weighted by atomic mass is 16.3. The number of rotatable bonds is 6. The maximum atomic E-state index is 9.98. The van der Waals surface area contributed by atoms with E-state index < -0.39 is 0 Å². The number of aliphatic hydroxyl groups excluding tert-OH is 1. The molecule has 0 bridgehead atoms. The Kier molecular flexibility index (Phi) is 5.22. The van der Waals surface area contributed by atoms with E-state index >= 15 is 0 Å². The molecule has 4 N–H and O–H groups in total. The molecule has 0 spiro atoms. The van der Waals surface area contributed by atoms with E-state index in [0.29, 0.717) is 24.0 Å². The second kappa shape index (κ2) is 6.45. The van der Waals surface area contributed by atoms with Gasteiger partial charge in [0.2, 0.25) is 0 Å². The molecular formula is C13H23N3O. The van der Waals surface area contributed by atoms with Crippen molar-refractivity contribution in [3.8, 4) is 0 Å². The van der Waals surface area contributed by atoms with Crippen LogP contribution in [-0.4, -0.2) is 22.7 Å². The Bertz CT molecular complexity index is 351. The third-order valence-electron chi connectivity index (χ3n) is 3.13. The summed E-state index contributed by atoms with van der Waals surface area (Å²) in [5.41, 5.74) is 7.50. The lowest BCUT2D eigenvalue weighted by molar-refractivity contribution is 0.114. The van der Waals surface area contributed by atoms with Crippen molar-refractivity contribution in [2.45, 2.75) is 39.7 Å². The molecule has 1 heterocycles. The first kappa shape index (κ1) is 13.8. The van der Waals surface area contributed by atoms with Gasteiger partial charge in [0, 0.05) is 12.7 Å². The quantitative estimate of drug-likeness (QED) is 0.709. The Balaban J connectivity index is 2.55. The summed E-state index contributed by atoms with van der Waals surface area (Å²) in [7, 11) is 0. The SMILES string of the molecule is CCC(CC)C(O)CNc1ncc(C)cc1N. The molecule has 4 nitrogen and oxygen atoms in total. The highest BCUT2D eigenvalue weighted by Gasteiger charge is 2.15. The smallest absolute Gasteiger partial charge is 0.149 e. The Morgan fingerprint density at radius 1 is 1.41 bits per heavy atom. The third kappa shape index (κ3) is 3.89. The predicted molar refractivity (Wildman–Crippen MR) is 72.0 cm³/mol. The topological polar surface area (TPSA) is 71.2 Å². The average Bonchev–Trinajstić information content (AvgIpc) is 2.29. The van der Waals surface area contributed by atoms with Crippen LogP contribution >= 0.6 is 0 Å². The van der Waals surface area contributed by atoms with Crippen LogP contribution in [0.4, 0.5) is 11.5 Å². The summed E-state index contributed by atoms with van der Waals surface area (Å²) >= 11 is 0. The largest absolute Gasteiger partial charge is 0.396 e. The first-order chi connectivity index (χ1) is 8.08. The lowest BCUT2D eigenvalue weighted by atomic mass is 9.96. The monoisotopic (exact) mass is 237 g/mol. The molecule has 17 heavy (non-hydrogen) atoms. The van der Waals surface area contributed by atoms with Crippen LogP contribution in [-0.2, 0) is 0 Å². The molecule has 1 rings (SSSR count). The number of anilines is 2. The van der Waals surface area contributed by atoms with E-state index in [0.717, 1.165) is 18.4 Å². The van der Waals surface area contributed by atoms with Crippen LogP contribution in [0, 0.1) is 12.8 Å². The molecule has 1 unspecified atom stereocenters. The van der Waals surface area contributed by atoms with Crippen LogP contribution in [0.15, 0.2) is 12.3 Å². The molecule has 0 amide bonds. The lowest BCUT2D eigenvalue weighted by Gasteiger charge is -2.21. The van der Waals surface area contributed by atoms with E-state index in [2.05, 4.69) is 24.1 Å². The van der Waals surface area contributed by atoms with Crippen molar-refractivity contribution in [1.82, 2.24) is 4.98 Å². The van der Waals surface area contributed by atoms with E-state index in [4.69, 9.17) is 5.73 Å². The standard InChI is InChI=1S/C13H23N3O/c1-4-10(5-2)12(17)8-16-13-11(14)6-9(3)7-15-13/h6-7,10,12,17H,4-5,8,14H2,1-3H3,(H,15,16). The molecule has 0 saturated carbocycles. The Labute approximate surface area is 103 Å². The number of aromatic nitrogens is 1. The Morgan fingerprint density at radius 2 is 2.06 bits per heavy atom. The van der Waals surface area contributed by atoms with Crippen LogP contribution in [0.25, 0.3) is 0 Å². The molecule has 0 aliphatic carbocycles. The number of nitrogens with two attached hydrogens (primary N) is 1. The second-order valence-electron chi connectivity index (χ2n) is 4.48. The minimum Gasteiger partial charge on any atom is -0.396 e. The first-order valence-electron chi connectivity index (χ1n) is 6.22. The highest BCUT2D eigenvalue weighted by molar-refractivity contribution is 5.61. The van der Waals surface area contributed by atoms with Gasteiger partial charge >= 0.3 is 0 Å². The molecule has 4 heteroatoms. The number of nitrogen functional groups attached to an aromatic ring is 1. The zero-order valence-electron chi connectivity index (χ0n) is 10.9. The maximum Gasteiger partial charge on any atom is 0.149 e. The summed E-state index contributed by atoms with van der Waals surface area (Å²) < 4.78 is 0. The highest BCUT2D eigenvalue weighted by Crippen LogP contribution is 2.18. The first-order valence-corrected chi connectivity index (χ1v) is 6.22. The fraction of sp³-hybridized carbons (Fsp3) is 0.615. The third-order valence-corrected chi connectivity index (χ3v) is 3.13. The summed E-state index contributed by atoms with van der Waals surface area (Å²) in [5, 5.41) is 13.1. The molecule has 96 valence electrons. The summed E-state index contributed by atoms with van der Waals surface area (Å²) in [5.74, 6) is 0.981. The number of hydrogen-bond donors (Lipinski definition) is 3. The van der Waals surface area contributed by atoms with Gasteiger partial charge in [-0.2, -0.15) is 0 Å². The molecule has 1 aromatic heterocycles. The van der Waals surface area contributed by atoms with Crippen molar-refractivity contribution in [3.63, 3.8) is 0 Å². The van der Waals surface area contributed by atoms with Crippen LogP contribution in [0.2, 0.25) is 0 Å². The maximum absolute atomic E-state index is 9.98. The molecule has 0 aliphatic heterocycles. The van der Waals surface area contributed by atoms with Crippen LogP contribution < -0.4 is 11.1 Å². The average molecular weight is 237 g/mol. The van der Waals surface area contributed by atoms with E-state index in [1.807, 2.05) is 13.0 Å². The van der Waals surface area contributed by atoms with Crippen molar-refractivity contribution in [2.24, 2.45) is 5.92 Å². The Morgan fingerprint density at radius 3 is 2.59 bits per heavy atom.